The minimum Gasteiger partial charge on any atom is -0.481 e. The fourth-order valence-electron chi connectivity index (χ4n) is 1.09. The summed E-state index contributed by atoms with van der Waals surface area (Å²) in [5.41, 5.74) is 0.939. The van der Waals surface area contributed by atoms with Gasteiger partial charge in [-0.2, -0.15) is 0 Å². The van der Waals surface area contributed by atoms with Crippen molar-refractivity contribution in [3.63, 3.8) is 0 Å². The molecule has 0 aliphatic heterocycles. The molecule has 2 atom stereocenters. The first-order valence-corrected chi connectivity index (χ1v) is 4.75. The maximum Gasteiger partial charge on any atom is 0.309 e. The van der Waals surface area contributed by atoms with Crippen LogP contribution in [0.1, 0.15) is 12.5 Å². The SMILES string of the molecule is C[C@H](C(=O)O)[C@@H](O)/C=C/c1ccccc1. The summed E-state index contributed by atoms with van der Waals surface area (Å²) in [5.74, 6) is -1.79. The number of hydrogen-bond donors (Lipinski definition) is 2. The smallest absolute Gasteiger partial charge is 0.309 e. The summed E-state index contributed by atoms with van der Waals surface area (Å²) in [7, 11) is 0. The van der Waals surface area contributed by atoms with Gasteiger partial charge in [0.1, 0.15) is 0 Å². The van der Waals surface area contributed by atoms with Crippen molar-refractivity contribution in [3.8, 4) is 0 Å². The fraction of sp³-hybridized carbons (Fsp3) is 0.250. The molecule has 80 valence electrons. The lowest BCUT2D eigenvalue weighted by molar-refractivity contribution is -0.143. The molecule has 0 radical (unpaired) electrons. The highest BCUT2D eigenvalue weighted by atomic mass is 16.4. The minimum absolute atomic E-state index is 0.787. The van der Waals surface area contributed by atoms with E-state index in [9.17, 15) is 9.90 Å². The van der Waals surface area contributed by atoms with Gasteiger partial charge in [0.05, 0.1) is 12.0 Å². The van der Waals surface area contributed by atoms with Crippen molar-refractivity contribution >= 4 is 12.0 Å². The number of aliphatic hydroxyl groups excluding tert-OH is 1. The molecule has 0 amide bonds. The van der Waals surface area contributed by atoms with Gasteiger partial charge in [0, 0.05) is 0 Å². The third-order valence-electron chi connectivity index (χ3n) is 2.19. The minimum atomic E-state index is -1.000. The molecular weight excluding hydrogens is 192 g/mol. The van der Waals surface area contributed by atoms with E-state index < -0.39 is 18.0 Å². The summed E-state index contributed by atoms with van der Waals surface area (Å²) in [4.78, 5) is 10.6. The Bertz CT molecular complexity index is 343. The lowest BCUT2D eigenvalue weighted by Gasteiger charge is -2.09. The van der Waals surface area contributed by atoms with E-state index in [2.05, 4.69) is 0 Å². The molecule has 15 heavy (non-hydrogen) atoms. The van der Waals surface area contributed by atoms with Crippen molar-refractivity contribution in [2.75, 3.05) is 0 Å². The van der Waals surface area contributed by atoms with E-state index in [1.54, 1.807) is 6.08 Å². The van der Waals surface area contributed by atoms with Gasteiger partial charge in [-0.25, -0.2) is 0 Å². The Kier molecular flexibility index (Phi) is 4.06. The normalized spacial score (nSPS) is 15.1. The van der Waals surface area contributed by atoms with E-state index >= 15 is 0 Å². The molecule has 2 N–H and O–H groups in total. The fourth-order valence-corrected chi connectivity index (χ4v) is 1.09. The second kappa shape index (κ2) is 5.32. The molecule has 0 aliphatic carbocycles. The maximum absolute atomic E-state index is 10.6. The largest absolute Gasteiger partial charge is 0.481 e. The van der Waals surface area contributed by atoms with Gasteiger partial charge in [-0.05, 0) is 12.5 Å². The van der Waals surface area contributed by atoms with Crippen LogP contribution >= 0.6 is 0 Å². The molecule has 0 spiro atoms. The van der Waals surface area contributed by atoms with Crippen LogP contribution in [0.3, 0.4) is 0 Å². The number of rotatable bonds is 4. The Morgan fingerprint density at radius 2 is 1.93 bits per heavy atom. The molecule has 0 saturated heterocycles. The summed E-state index contributed by atoms with van der Waals surface area (Å²) in [5, 5.41) is 18.1. The molecule has 3 heteroatoms. The standard InChI is InChI=1S/C12H14O3/c1-9(12(14)15)11(13)8-7-10-5-3-2-4-6-10/h2-9,11,13H,1H3,(H,14,15)/b8-7+/t9-,11-/m0/s1. The zero-order valence-corrected chi connectivity index (χ0v) is 8.50. The van der Waals surface area contributed by atoms with Crippen molar-refractivity contribution < 1.29 is 15.0 Å². The zero-order chi connectivity index (χ0) is 11.3. The highest BCUT2D eigenvalue weighted by molar-refractivity contribution is 5.71. The Hall–Kier alpha value is -1.61. The summed E-state index contributed by atoms with van der Waals surface area (Å²) in [6.45, 7) is 1.47. The summed E-state index contributed by atoms with van der Waals surface area (Å²) in [6, 6.07) is 9.43. The highest BCUT2D eigenvalue weighted by Crippen LogP contribution is 2.08. The highest BCUT2D eigenvalue weighted by Gasteiger charge is 2.18. The van der Waals surface area contributed by atoms with Crippen LogP contribution < -0.4 is 0 Å². The van der Waals surface area contributed by atoms with Crippen LogP contribution in [-0.4, -0.2) is 22.3 Å². The Morgan fingerprint density at radius 1 is 1.33 bits per heavy atom. The van der Waals surface area contributed by atoms with Gasteiger partial charge >= 0.3 is 5.97 Å². The summed E-state index contributed by atoms with van der Waals surface area (Å²) in [6.07, 6.45) is 2.25. The molecule has 0 bridgehead atoms. The molecule has 1 aromatic carbocycles. The first-order chi connectivity index (χ1) is 7.11. The predicted molar refractivity (Wildman–Crippen MR) is 58.3 cm³/mol. The van der Waals surface area contributed by atoms with Crippen molar-refractivity contribution in [2.45, 2.75) is 13.0 Å². The van der Waals surface area contributed by atoms with Crippen molar-refractivity contribution in [1.29, 1.82) is 0 Å². The van der Waals surface area contributed by atoms with E-state index in [1.807, 2.05) is 30.3 Å². The number of carbonyl (C=O) groups is 1. The number of carboxylic acid groups (broad SMARTS) is 1. The Balaban J connectivity index is 2.62. The molecule has 1 aromatic rings. The third kappa shape index (κ3) is 3.56. The average Bonchev–Trinajstić information content (AvgIpc) is 2.26. The molecule has 0 unspecified atom stereocenters. The summed E-state index contributed by atoms with van der Waals surface area (Å²) >= 11 is 0. The zero-order valence-electron chi connectivity index (χ0n) is 8.50. The van der Waals surface area contributed by atoms with Crippen molar-refractivity contribution in [3.05, 3.63) is 42.0 Å². The number of benzene rings is 1. The summed E-state index contributed by atoms with van der Waals surface area (Å²) < 4.78 is 0. The van der Waals surface area contributed by atoms with Crippen LogP contribution in [0.2, 0.25) is 0 Å². The van der Waals surface area contributed by atoms with Gasteiger partial charge < -0.3 is 10.2 Å². The first kappa shape index (κ1) is 11.5. The second-order valence-electron chi connectivity index (χ2n) is 3.39. The molecule has 0 fully saturated rings. The number of carboxylic acids is 1. The lowest BCUT2D eigenvalue weighted by Crippen LogP contribution is -2.23. The van der Waals surface area contributed by atoms with Crippen LogP contribution in [-0.2, 0) is 4.79 Å². The van der Waals surface area contributed by atoms with Gasteiger partial charge in [-0.3, -0.25) is 4.79 Å². The van der Waals surface area contributed by atoms with Gasteiger partial charge in [-0.1, -0.05) is 42.5 Å². The Labute approximate surface area is 88.7 Å². The molecule has 0 heterocycles. The monoisotopic (exact) mass is 206 g/mol. The quantitative estimate of drug-likeness (QED) is 0.789. The topological polar surface area (TPSA) is 57.5 Å². The first-order valence-electron chi connectivity index (χ1n) is 4.75. The van der Waals surface area contributed by atoms with Gasteiger partial charge in [0.15, 0.2) is 0 Å². The van der Waals surface area contributed by atoms with E-state index in [0.29, 0.717) is 0 Å². The Morgan fingerprint density at radius 3 is 2.47 bits per heavy atom. The number of aliphatic carboxylic acids is 1. The van der Waals surface area contributed by atoms with E-state index in [-0.39, 0.29) is 0 Å². The number of aliphatic hydroxyl groups is 1. The van der Waals surface area contributed by atoms with E-state index in [4.69, 9.17) is 5.11 Å². The van der Waals surface area contributed by atoms with E-state index in [1.165, 1.54) is 13.0 Å². The third-order valence-corrected chi connectivity index (χ3v) is 2.19. The average molecular weight is 206 g/mol. The molecule has 0 aliphatic rings. The molecular formula is C12H14O3. The van der Waals surface area contributed by atoms with Crippen LogP contribution in [0.4, 0.5) is 0 Å². The van der Waals surface area contributed by atoms with Crippen LogP contribution in [0.25, 0.3) is 6.08 Å². The van der Waals surface area contributed by atoms with Crippen LogP contribution in [0.15, 0.2) is 36.4 Å². The lowest BCUT2D eigenvalue weighted by atomic mass is 10.0. The van der Waals surface area contributed by atoms with Crippen molar-refractivity contribution in [2.24, 2.45) is 5.92 Å². The van der Waals surface area contributed by atoms with Gasteiger partial charge in [0.2, 0.25) is 0 Å². The maximum atomic E-state index is 10.6. The predicted octanol–water partition coefficient (Wildman–Crippen LogP) is 1.78. The molecule has 0 aromatic heterocycles. The molecule has 0 saturated carbocycles. The molecule has 1 rings (SSSR count). The van der Waals surface area contributed by atoms with Crippen molar-refractivity contribution in [1.82, 2.24) is 0 Å². The van der Waals surface area contributed by atoms with E-state index in [0.717, 1.165) is 5.56 Å². The number of hydrogen-bond acceptors (Lipinski definition) is 2. The van der Waals surface area contributed by atoms with Gasteiger partial charge in [-0.15, -0.1) is 0 Å². The van der Waals surface area contributed by atoms with Gasteiger partial charge in [0.25, 0.3) is 0 Å². The van der Waals surface area contributed by atoms with Crippen LogP contribution in [0, 0.1) is 5.92 Å². The van der Waals surface area contributed by atoms with Crippen LogP contribution in [0.5, 0.6) is 0 Å². The molecule has 3 nitrogen and oxygen atoms in total. The second-order valence-corrected chi connectivity index (χ2v) is 3.39.